The standard InChI is InChI=1S/C22H30N2O4/c1-26-20-7-6-19(21(12-20)27-2)13-23-22(25)8-5-17-4-3-10-24(14-17)15-18-9-11-28-16-18/h6-7,9,11-12,16-17H,3-5,8,10,13-15H2,1-2H3,(H,23,25). The maximum absolute atomic E-state index is 12.3. The summed E-state index contributed by atoms with van der Waals surface area (Å²) in [7, 11) is 3.25. The van der Waals surface area contributed by atoms with Gasteiger partial charge in [0.2, 0.25) is 5.91 Å². The van der Waals surface area contributed by atoms with Crippen molar-refractivity contribution in [1.29, 1.82) is 0 Å². The van der Waals surface area contributed by atoms with Gasteiger partial charge < -0.3 is 19.2 Å². The first-order valence-electron chi connectivity index (χ1n) is 9.89. The number of benzene rings is 1. The molecule has 0 aliphatic carbocycles. The molecule has 2 aromatic rings. The van der Waals surface area contributed by atoms with Gasteiger partial charge in [-0.15, -0.1) is 0 Å². The zero-order chi connectivity index (χ0) is 19.8. The Morgan fingerprint density at radius 1 is 1.29 bits per heavy atom. The quantitative estimate of drug-likeness (QED) is 0.713. The average molecular weight is 386 g/mol. The Hall–Kier alpha value is -2.47. The van der Waals surface area contributed by atoms with Crippen LogP contribution in [-0.2, 0) is 17.9 Å². The minimum Gasteiger partial charge on any atom is -0.497 e. The van der Waals surface area contributed by atoms with Crippen molar-refractivity contribution in [3.63, 3.8) is 0 Å². The minimum atomic E-state index is 0.0878. The molecule has 1 N–H and O–H groups in total. The number of nitrogens with one attached hydrogen (secondary N) is 1. The van der Waals surface area contributed by atoms with Crippen LogP contribution in [0.5, 0.6) is 11.5 Å². The summed E-state index contributed by atoms with van der Waals surface area (Å²) in [4.78, 5) is 14.8. The molecule has 1 aliphatic heterocycles. The van der Waals surface area contributed by atoms with Crippen molar-refractivity contribution >= 4 is 5.91 Å². The summed E-state index contributed by atoms with van der Waals surface area (Å²) in [5, 5.41) is 3.01. The highest BCUT2D eigenvalue weighted by molar-refractivity contribution is 5.75. The lowest BCUT2D eigenvalue weighted by Crippen LogP contribution is -2.35. The highest BCUT2D eigenvalue weighted by Crippen LogP contribution is 2.25. The molecular formula is C22H30N2O4. The Kier molecular flexibility index (Phi) is 7.37. The Labute approximate surface area is 166 Å². The topological polar surface area (TPSA) is 63.9 Å². The first kappa shape index (κ1) is 20.3. The lowest BCUT2D eigenvalue weighted by molar-refractivity contribution is -0.121. The fourth-order valence-electron chi connectivity index (χ4n) is 3.79. The van der Waals surface area contributed by atoms with Gasteiger partial charge in [0.15, 0.2) is 0 Å². The molecule has 1 aromatic carbocycles. The molecule has 6 nitrogen and oxygen atoms in total. The van der Waals surface area contributed by atoms with Crippen LogP contribution in [0.4, 0.5) is 0 Å². The van der Waals surface area contributed by atoms with Crippen molar-refractivity contribution < 1.29 is 18.7 Å². The second-order valence-corrected chi connectivity index (χ2v) is 7.37. The Balaban J connectivity index is 1.41. The number of hydrogen-bond donors (Lipinski definition) is 1. The highest BCUT2D eigenvalue weighted by atomic mass is 16.5. The van der Waals surface area contributed by atoms with Gasteiger partial charge >= 0.3 is 0 Å². The Morgan fingerprint density at radius 3 is 2.93 bits per heavy atom. The largest absolute Gasteiger partial charge is 0.497 e. The van der Waals surface area contributed by atoms with E-state index in [2.05, 4.69) is 10.2 Å². The summed E-state index contributed by atoms with van der Waals surface area (Å²) in [6.07, 6.45) is 7.40. The molecule has 6 heteroatoms. The number of likely N-dealkylation sites (tertiary alicyclic amines) is 1. The van der Waals surface area contributed by atoms with Crippen molar-refractivity contribution in [3.05, 3.63) is 47.9 Å². The number of rotatable bonds is 9. The summed E-state index contributed by atoms with van der Waals surface area (Å²) < 4.78 is 15.8. The fourth-order valence-corrected chi connectivity index (χ4v) is 3.79. The lowest BCUT2D eigenvalue weighted by atomic mass is 9.93. The number of methoxy groups -OCH3 is 2. The summed E-state index contributed by atoms with van der Waals surface area (Å²) in [5.41, 5.74) is 2.16. The van der Waals surface area contributed by atoms with Crippen molar-refractivity contribution in [1.82, 2.24) is 10.2 Å². The molecule has 1 saturated heterocycles. The van der Waals surface area contributed by atoms with Gasteiger partial charge in [-0.3, -0.25) is 9.69 Å². The van der Waals surface area contributed by atoms with Crippen LogP contribution in [0.25, 0.3) is 0 Å². The van der Waals surface area contributed by atoms with Gasteiger partial charge in [0.25, 0.3) is 0 Å². The third-order valence-corrected chi connectivity index (χ3v) is 5.34. The predicted molar refractivity (Wildman–Crippen MR) is 107 cm³/mol. The predicted octanol–water partition coefficient (Wildman–Crippen LogP) is 3.61. The van der Waals surface area contributed by atoms with E-state index in [9.17, 15) is 4.79 Å². The van der Waals surface area contributed by atoms with Gasteiger partial charge in [0, 0.05) is 43.2 Å². The molecule has 28 heavy (non-hydrogen) atoms. The Morgan fingerprint density at radius 2 is 2.18 bits per heavy atom. The molecule has 1 aromatic heterocycles. The molecule has 1 atom stereocenters. The maximum Gasteiger partial charge on any atom is 0.220 e. The number of furan rings is 1. The van der Waals surface area contributed by atoms with Crippen LogP contribution in [-0.4, -0.2) is 38.1 Å². The molecule has 3 rings (SSSR count). The number of hydrogen-bond acceptors (Lipinski definition) is 5. The van der Waals surface area contributed by atoms with Crippen LogP contribution in [0.3, 0.4) is 0 Å². The van der Waals surface area contributed by atoms with E-state index >= 15 is 0 Å². The maximum atomic E-state index is 12.3. The molecule has 0 radical (unpaired) electrons. The van der Waals surface area contributed by atoms with E-state index in [1.807, 2.05) is 30.5 Å². The zero-order valence-corrected chi connectivity index (χ0v) is 16.8. The molecule has 152 valence electrons. The van der Waals surface area contributed by atoms with E-state index in [-0.39, 0.29) is 5.91 Å². The fraction of sp³-hybridized carbons (Fsp3) is 0.500. The van der Waals surface area contributed by atoms with Crippen molar-refractivity contribution in [2.75, 3.05) is 27.3 Å². The monoisotopic (exact) mass is 386 g/mol. The van der Waals surface area contributed by atoms with Crippen molar-refractivity contribution in [2.45, 2.75) is 38.8 Å². The third kappa shape index (κ3) is 5.76. The average Bonchev–Trinajstić information content (AvgIpc) is 3.23. The van der Waals surface area contributed by atoms with E-state index in [1.165, 1.54) is 18.4 Å². The first-order valence-corrected chi connectivity index (χ1v) is 9.89. The summed E-state index contributed by atoms with van der Waals surface area (Å²) in [6.45, 7) is 3.55. The molecular weight excluding hydrogens is 356 g/mol. The first-order chi connectivity index (χ1) is 13.7. The smallest absolute Gasteiger partial charge is 0.220 e. The molecule has 0 bridgehead atoms. The van der Waals surface area contributed by atoms with Crippen LogP contribution >= 0.6 is 0 Å². The Bertz CT molecular complexity index is 745. The summed E-state index contributed by atoms with van der Waals surface area (Å²) in [5.74, 6) is 2.12. The van der Waals surface area contributed by atoms with E-state index in [1.54, 1.807) is 20.5 Å². The zero-order valence-electron chi connectivity index (χ0n) is 16.8. The van der Waals surface area contributed by atoms with Gasteiger partial charge in [-0.25, -0.2) is 0 Å². The van der Waals surface area contributed by atoms with Gasteiger partial charge in [0.1, 0.15) is 11.5 Å². The van der Waals surface area contributed by atoms with E-state index in [0.717, 1.165) is 43.1 Å². The highest BCUT2D eigenvalue weighted by Gasteiger charge is 2.21. The van der Waals surface area contributed by atoms with E-state index in [4.69, 9.17) is 13.9 Å². The molecule has 0 saturated carbocycles. The van der Waals surface area contributed by atoms with Crippen LogP contribution in [0, 0.1) is 5.92 Å². The normalized spacial score (nSPS) is 17.3. The molecule has 1 unspecified atom stereocenters. The van der Waals surface area contributed by atoms with E-state index < -0.39 is 0 Å². The van der Waals surface area contributed by atoms with Crippen molar-refractivity contribution in [3.8, 4) is 11.5 Å². The summed E-state index contributed by atoms with van der Waals surface area (Å²) in [6, 6.07) is 7.65. The number of amides is 1. The second kappa shape index (κ2) is 10.2. The van der Waals surface area contributed by atoms with Gasteiger partial charge in [-0.05, 0) is 49.9 Å². The third-order valence-electron chi connectivity index (χ3n) is 5.34. The minimum absolute atomic E-state index is 0.0878. The molecule has 1 fully saturated rings. The SMILES string of the molecule is COc1ccc(CNC(=O)CCC2CCCN(Cc3ccoc3)C2)c(OC)c1. The van der Waals surface area contributed by atoms with E-state index in [0.29, 0.717) is 18.9 Å². The molecule has 1 amide bonds. The second-order valence-electron chi connectivity index (χ2n) is 7.37. The van der Waals surface area contributed by atoms with Crippen molar-refractivity contribution in [2.24, 2.45) is 5.92 Å². The van der Waals surface area contributed by atoms with Gasteiger partial charge in [-0.1, -0.05) is 0 Å². The summed E-state index contributed by atoms with van der Waals surface area (Å²) >= 11 is 0. The lowest BCUT2D eigenvalue weighted by Gasteiger charge is -2.32. The van der Waals surface area contributed by atoms with Crippen LogP contribution in [0.1, 0.15) is 36.8 Å². The van der Waals surface area contributed by atoms with Gasteiger partial charge in [0.05, 0.1) is 26.7 Å². The van der Waals surface area contributed by atoms with Crippen LogP contribution in [0.2, 0.25) is 0 Å². The number of carbonyl (C=O) groups is 1. The molecule has 0 spiro atoms. The number of nitrogens with zero attached hydrogens (tertiary/aromatic N) is 1. The number of ether oxygens (including phenoxy) is 2. The molecule has 1 aliphatic rings. The van der Waals surface area contributed by atoms with Crippen LogP contribution in [0.15, 0.2) is 41.2 Å². The molecule has 2 heterocycles. The number of piperidine rings is 1. The van der Waals surface area contributed by atoms with Crippen LogP contribution < -0.4 is 14.8 Å². The van der Waals surface area contributed by atoms with Gasteiger partial charge in [-0.2, -0.15) is 0 Å². The number of carbonyl (C=O) groups excluding carboxylic acids is 1.